The van der Waals surface area contributed by atoms with E-state index in [0.29, 0.717) is 33.9 Å². The van der Waals surface area contributed by atoms with Crippen LogP contribution in [0.2, 0.25) is 0 Å². The van der Waals surface area contributed by atoms with Crippen molar-refractivity contribution in [3.8, 4) is 16.3 Å². The SMILES string of the molecule is CCNC(=O)[C@@H]1C[C@@H](O)[C@@H](O)[C@@H]1Nc1nc(N[C@H](C)c2ccc(OC(F)(F)F)cc2)nc(C)c1-c1nc2cnccc2s1. The van der Waals surface area contributed by atoms with Gasteiger partial charge in [0.05, 0.1) is 46.3 Å². The van der Waals surface area contributed by atoms with Crippen molar-refractivity contribution in [2.75, 3.05) is 17.2 Å². The first-order valence-corrected chi connectivity index (χ1v) is 14.4. The number of aryl methyl sites for hydroxylation is 1. The highest BCUT2D eigenvalue weighted by molar-refractivity contribution is 7.21. The molecule has 0 aliphatic heterocycles. The number of fused-ring (bicyclic) bond motifs is 1. The topological polar surface area (TPSA) is 154 Å². The second-order valence-corrected chi connectivity index (χ2v) is 11.2. The molecular formula is C28H30F3N7O4S. The maximum Gasteiger partial charge on any atom is 0.573 e. The number of aliphatic hydroxyl groups excluding tert-OH is 2. The van der Waals surface area contributed by atoms with E-state index in [1.807, 2.05) is 6.07 Å². The van der Waals surface area contributed by atoms with Crippen LogP contribution in [-0.2, 0) is 4.79 Å². The summed E-state index contributed by atoms with van der Waals surface area (Å²) in [6.45, 7) is 5.74. The number of pyridine rings is 1. The number of carbonyl (C=O) groups excluding carboxylic acids is 1. The molecule has 0 saturated heterocycles. The van der Waals surface area contributed by atoms with Crippen molar-refractivity contribution in [2.45, 2.75) is 57.8 Å². The molecule has 1 aliphatic carbocycles. The number of hydrogen-bond acceptors (Lipinski definition) is 11. The number of thiazole rings is 1. The van der Waals surface area contributed by atoms with E-state index in [1.54, 1.807) is 33.2 Å². The number of amides is 1. The summed E-state index contributed by atoms with van der Waals surface area (Å²) in [4.78, 5) is 31.0. The van der Waals surface area contributed by atoms with Crippen LogP contribution in [0, 0.1) is 12.8 Å². The van der Waals surface area contributed by atoms with E-state index < -0.39 is 36.6 Å². The number of aromatic nitrogens is 4. The highest BCUT2D eigenvalue weighted by atomic mass is 32.1. The molecule has 3 heterocycles. The van der Waals surface area contributed by atoms with E-state index >= 15 is 0 Å². The number of halogens is 3. The molecule has 15 heteroatoms. The first-order valence-electron chi connectivity index (χ1n) is 13.6. The third kappa shape index (κ3) is 6.78. The van der Waals surface area contributed by atoms with Crippen LogP contribution < -0.4 is 20.7 Å². The number of alkyl halides is 3. The van der Waals surface area contributed by atoms with Crippen LogP contribution >= 0.6 is 11.3 Å². The van der Waals surface area contributed by atoms with Crippen molar-refractivity contribution in [2.24, 2.45) is 5.92 Å². The Morgan fingerprint density at radius 2 is 1.91 bits per heavy atom. The molecule has 5 N–H and O–H groups in total. The number of nitrogens with zero attached hydrogens (tertiary/aromatic N) is 4. The van der Waals surface area contributed by atoms with Gasteiger partial charge in [-0.05, 0) is 51.0 Å². The fourth-order valence-corrected chi connectivity index (χ4v) is 6.09. The maximum atomic E-state index is 12.8. The van der Waals surface area contributed by atoms with Crippen molar-refractivity contribution < 1.29 is 32.9 Å². The summed E-state index contributed by atoms with van der Waals surface area (Å²) in [5.41, 5.74) is 2.42. The van der Waals surface area contributed by atoms with Crippen LogP contribution in [0.4, 0.5) is 24.9 Å². The Hall–Kier alpha value is -4.08. The van der Waals surface area contributed by atoms with Crippen molar-refractivity contribution in [3.05, 3.63) is 54.0 Å². The third-order valence-corrected chi connectivity index (χ3v) is 8.19. The molecule has 43 heavy (non-hydrogen) atoms. The van der Waals surface area contributed by atoms with Gasteiger partial charge in [0.2, 0.25) is 11.9 Å². The monoisotopic (exact) mass is 617 g/mol. The molecule has 0 bridgehead atoms. The summed E-state index contributed by atoms with van der Waals surface area (Å²) < 4.78 is 42.5. The summed E-state index contributed by atoms with van der Waals surface area (Å²) in [6.07, 6.45) is -3.79. The molecule has 5 atom stereocenters. The third-order valence-electron chi connectivity index (χ3n) is 7.14. The van der Waals surface area contributed by atoms with Gasteiger partial charge < -0.3 is 30.9 Å². The lowest BCUT2D eigenvalue weighted by atomic mass is 10.0. The normalized spacial score (nSPS) is 21.0. The van der Waals surface area contributed by atoms with E-state index in [2.05, 4.69) is 30.7 Å². The van der Waals surface area contributed by atoms with Gasteiger partial charge in [0.15, 0.2) is 0 Å². The molecule has 0 spiro atoms. The summed E-state index contributed by atoms with van der Waals surface area (Å²) in [7, 11) is 0. The number of ether oxygens (including phenoxy) is 1. The zero-order chi connectivity index (χ0) is 30.9. The van der Waals surface area contributed by atoms with E-state index in [0.717, 1.165) is 4.70 Å². The van der Waals surface area contributed by atoms with Crippen LogP contribution in [0.25, 0.3) is 20.8 Å². The van der Waals surface area contributed by atoms with Gasteiger partial charge in [-0.15, -0.1) is 24.5 Å². The van der Waals surface area contributed by atoms with Gasteiger partial charge in [0, 0.05) is 12.7 Å². The van der Waals surface area contributed by atoms with E-state index in [1.165, 1.54) is 35.6 Å². The molecule has 0 radical (unpaired) electrons. The second-order valence-electron chi connectivity index (χ2n) is 10.2. The van der Waals surface area contributed by atoms with Gasteiger partial charge >= 0.3 is 6.36 Å². The maximum absolute atomic E-state index is 12.8. The Morgan fingerprint density at radius 3 is 2.58 bits per heavy atom. The summed E-state index contributed by atoms with van der Waals surface area (Å²) >= 11 is 1.40. The molecule has 4 aromatic rings. The number of carbonyl (C=O) groups is 1. The van der Waals surface area contributed by atoms with Gasteiger partial charge in [-0.3, -0.25) is 9.78 Å². The van der Waals surface area contributed by atoms with Gasteiger partial charge in [0.1, 0.15) is 28.2 Å². The zero-order valence-electron chi connectivity index (χ0n) is 23.4. The Balaban J connectivity index is 1.50. The minimum absolute atomic E-state index is 0.0626. The molecule has 3 aromatic heterocycles. The van der Waals surface area contributed by atoms with Gasteiger partial charge in [-0.2, -0.15) is 4.98 Å². The van der Waals surface area contributed by atoms with Crippen LogP contribution in [0.5, 0.6) is 5.75 Å². The number of nitrogens with one attached hydrogen (secondary N) is 3. The van der Waals surface area contributed by atoms with Crippen molar-refractivity contribution in [1.82, 2.24) is 25.3 Å². The van der Waals surface area contributed by atoms with Crippen molar-refractivity contribution in [3.63, 3.8) is 0 Å². The van der Waals surface area contributed by atoms with Gasteiger partial charge in [-0.25, -0.2) is 9.97 Å². The first-order chi connectivity index (χ1) is 20.4. The molecule has 1 aliphatic rings. The van der Waals surface area contributed by atoms with Crippen molar-refractivity contribution >= 4 is 39.2 Å². The molecule has 11 nitrogen and oxygen atoms in total. The van der Waals surface area contributed by atoms with E-state index in [-0.39, 0.29) is 29.8 Å². The lowest BCUT2D eigenvalue weighted by molar-refractivity contribution is -0.274. The summed E-state index contributed by atoms with van der Waals surface area (Å²) in [5.74, 6) is -0.900. The zero-order valence-corrected chi connectivity index (χ0v) is 24.2. The predicted molar refractivity (Wildman–Crippen MR) is 155 cm³/mol. The smallest absolute Gasteiger partial charge is 0.406 e. The van der Waals surface area contributed by atoms with Crippen LogP contribution in [0.15, 0.2) is 42.7 Å². The number of aliphatic hydroxyl groups is 2. The van der Waals surface area contributed by atoms with Crippen LogP contribution in [-0.4, -0.2) is 67.2 Å². The average molecular weight is 618 g/mol. The highest BCUT2D eigenvalue weighted by Gasteiger charge is 2.45. The average Bonchev–Trinajstić information content (AvgIpc) is 3.49. The van der Waals surface area contributed by atoms with E-state index in [4.69, 9.17) is 9.97 Å². The minimum Gasteiger partial charge on any atom is -0.406 e. The summed E-state index contributed by atoms with van der Waals surface area (Å²) in [6, 6.07) is 6.00. The Bertz CT molecular complexity index is 1570. The lowest BCUT2D eigenvalue weighted by Crippen LogP contribution is -2.43. The van der Waals surface area contributed by atoms with Gasteiger partial charge in [0.25, 0.3) is 0 Å². The van der Waals surface area contributed by atoms with E-state index in [9.17, 15) is 28.2 Å². The number of benzene rings is 1. The largest absolute Gasteiger partial charge is 0.573 e. The molecule has 5 rings (SSSR count). The molecule has 1 amide bonds. The molecule has 1 fully saturated rings. The summed E-state index contributed by atoms with van der Waals surface area (Å²) in [5, 5.41) is 31.0. The number of hydrogen-bond donors (Lipinski definition) is 5. The van der Waals surface area contributed by atoms with Crippen LogP contribution in [0.1, 0.15) is 37.6 Å². The predicted octanol–water partition coefficient (Wildman–Crippen LogP) is 4.19. The fraction of sp³-hybridized carbons (Fsp3) is 0.393. The molecular weight excluding hydrogens is 587 g/mol. The number of anilines is 2. The molecule has 1 saturated carbocycles. The molecule has 0 unspecified atom stereocenters. The van der Waals surface area contributed by atoms with Crippen LogP contribution in [0.3, 0.4) is 0 Å². The first kappa shape index (κ1) is 30.4. The number of rotatable bonds is 9. The fourth-order valence-electron chi connectivity index (χ4n) is 5.06. The van der Waals surface area contributed by atoms with Crippen molar-refractivity contribution in [1.29, 1.82) is 0 Å². The standard InChI is InChI=1S/C28H30F3N7O4S/c1-4-33-25(41)17-11-19(39)23(40)22(17)37-24-21(26-36-18-12-32-10-9-20(18)43-26)14(3)35-27(38-24)34-13(2)15-5-7-16(8-6-15)42-28(29,30)31/h5-10,12-13,17,19,22-23,39-40H,4,11H2,1-3H3,(H,33,41)(H2,34,35,37,38)/t13-,17-,19-,22-,23-/m1/s1. The Morgan fingerprint density at radius 1 is 1.16 bits per heavy atom. The van der Waals surface area contributed by atoms with Gasteiger partial charge in [-0.1, -0.05) is 12.1 Å². The minimum atomic E-state index is -4.79. The molecule has 1 aromatic carbocycles. The lowest BCUT2D eigenvalue weighted by Gasteiger charge is -2.25. The highest BCUT2D eigenvalue weighted by Crippen LogP contribution is 2.38. The Labute approximate surface area is 248 Å². The molecule has 228 valence electrons. The quantitative estimate of drug-likeness (QED) is 0.185. The second kappa shape index (κ2) is 12.3. The Kier molecular flexibility index (Phi) is 8.66.